The fourth-order valence-electron chi connectivity index (χ4n) is 4.07. The minimum Gasteiger partial charge on any atom is -0.507 e. The number of rotatable bonds is 9. The normalized spacial score (nSPS) is 13.2. The van der Waals surface area contributed by atoms with Crippen LogP contribution in [0.15, 0.2) is 48.5 Å². The summed E-state index contributed by atoms with van der Waals surface area (Å²) in [4.78, 5) is 51.3. The molecule has 1 fully saturated rings. The maximum absolute atomic E-state index is 12.8. The summed E-state index contributed by atoms with van der Waals surface area (Å²) in [5.41, 5.74) is -1.45. The first-order chi connectivity index (χ1) is 20.0. The Balaban J connectivity index is 1.43. The number of carbonyl (C=O) groups excluding carboxylic acids is 3. The lowest BCUT2D eigenvalue weighted by atomic mass is 10.1. The predicted octanol–water partition coefficient (Wildman–Crippen LogP) is 2.20. The fourth-order valence-corrected chi connectivity index (χ4v) is 4.07. The van der Waals surface area contributed by atoms with Crippen molar-refractivity contribution in [2.24, 2.45) is 0 Å². The second-order valence-corrected chi connectivity index (χ2v) is 9.15. The third kappa shape index (κ3) is 7.04. The van der Waals surface area contributed by atoms with E-state index >= 15 is 0 Å². The van der Waals surface area contributed by atoms with Gasteiger partial charge in [0, 0.05) is 31.0 Å². The number of nitrogens with one attached hydrogen (secondary N) is 2. The van der Waals surface area contributed by atoms with Crippen LogP contribution in [0.25, 0.3) is 0 Å². The number of anilines is 2. The van der Waals surface area contributed by atoms with Crippen molar-refractivity contribution in [1.82, 2.24) is 4.90 Å². The lowest BCUT2D eigenvalue weighted by Crippen LogP contribution is -2.38. The maximum atomic E-state index is 12.8. The monoisotopic (exact) mass is 581 g/mol. The smallest absolute Gasteiger partial charge is 0.342 e. The SMILES string of the molecule is O=C(O)c1cc(NC(=O)c2cc(O)c(C(=O)Nc3ccc(O)c(C(=O)OCCN4CCOCC4)c3)cc2O)ccc1O. The van der Waals surface area contributed by atoms with E-state index in [0.29, 0.717) is 32.8 Å². The molecule has 0 bridgehead atoms. The number of benzene rings is 3. The van der Waals surface area contributed by atoms with Gasteiger partial charge in [0.25, 0.3) is 11.8 Å². The van der Waals surface area contributed by atoms with E-state index in [-0.39, 0.29) is 29.3 Å². The largest absolute Gasteiger partial charge is 0.507 e. The van der Waals surface area contributed by atoms with Gasteiger partial charge < -0.3 is 45.6 Å². The number of esters is 1. The van der Waals surface area contributed by atoms with Crippen molar-refractivity contribution in [2.45, 2.75) is 0 Å². The van der Waals surface area contributed by atoms with Gasteiger partial charge in [-0.2, -0.15) is 0 Å². The topological polar surface area (TPSA) is 215 Å². The van der Waals surface area contributed by atoms with Crippen LogP contribution in [0.4, 0.5) is 11.4 Å². The van der Waals surface area contributed by atoms with Crippen LogP contribution in [-0.4, -0.2) is 93.6 Å². The molecule has 0 saturated carbocycles. The Morgan fingerprint density at radius 1 is 0.714 bits per heavy atom. The number of morpholine rings is 1. The third-order valence-electron chi connectivity index (χ3n) is 6.31. The second kappa shape index (κ2) is 12.9. The fraction of sp³-hybridized carbons (Fsp3) is 0.214. The highest BCUT2D eigenvalue weighted by Crippen LogP contribution is 2.30. The van der Waals surface area contributed by atoms with Crippen LogP contribution in [-0.2, 0) is 9.47 Å². The Labute approximate surface area is 238 Å². The standard InChI is InChI=1S/C28H27N3O11/c32-21-3-1-15(11-19(21)27(38)39)29-25(36)17-13-24(35)18(14-23(17)34)26(37)30-16-2-4-22(33)20(12-16)28(40)42-10-7-31-5-8-41-9-6-31/h1-4,11-14,32-35H,5-10H2,(H,29,36)(H,30,37)(H,38,39). The molecule has 42 heavy (non-hydrogen) atoms. The summed E-state index contributed by atoms with van der Waals surface area (Å²) in [5.74, 6) is -6.32. The number of aromatic hydroxyl groups is 4. The quantitative estimate of drug-likeness (QED) is 0.143. The molecule has 14 nitrogen and oxygen atoms in total. The molecule has 3 aromatic rings. The minimum absolute atomic E-state index is 0.0151. The third-order valence-corrected chi connectivity index (χ3v) is 6.31. The molecule has 0 radical (unpaired) electrons. The zero-order chi connectivity index (χ0) is 30.4. The molecule has 2 amide bonds. The highest BCUT2D eigenvalue weighted by atomic mass is 16.5. The van der Waals surface area contributed by atoms with Crippen LogP contribution >= 0.6 is 0 Å². The molecule has 220 valence electrons. The average molecular weight is 582 g/mol. The number of amides is 2. The molecule has 14 heteroatoms. The zero-order valence-electron chi connectivity index (χ0n) is 22.0. The van der Waals surface area contributed by atoms with Crippen LogP contribution in [0.1, 0.15) is 41.4 Å². The first kappa shape index (κ1) is 29.6. The Bertz CT molecular complexity index is 1530. The molecule has 7 N–H and O–H groups in total. The Kier molecular flexibility index (Phi) is 9.09. The lowest BCUT2D eigenvalue weighted by molar-refractivity contribution is 0.0194. The number of phenolic OH excluding ortho intramolecular Hbond substituents is 3. The molecular formula is C28H27N3O11. The molecule has 3 aromatic carbocycles. The number of hydrogen-bond acceptors (Lipinski definition) is 11. The highest BCUT2D eigenvalue weighted by molar-refractivity contribution is 6.11. The second-order valence-electron chi connectivity index (χ2n) is 9.15. The van der Waals surface area contributed by atoms with E-state index < -0.39 is 57.7 Å². The van der Waals surface area contributed by atoms with Crippen LogP contribution in [0.2, 0.25) is 0 Å². The van der Waals surface area contributed by atoms with Gasteiger partial charge in [-0.3, -0.25) is 14.5 Å². The Hall–Kier alpha value is -5.34. The van der Waals surface area contributed by atoms with Crippen LogP contribution in [0.3, 0.4) is 0 Å². The lowest BCUT2D eigenvalue weighted by Gasteiger charge is -2.26. The highest BCUT2D eigenvalue weighted by Gasteiger charge is 2.22. The van der Waals surface area contributed by atoms with E-state index in [0.717, 1.165) is 24.3 Å². The van der Waals surface area contributed by atoms with Crippen LogP contribution in [0, 0.1) is 0 Å². The molecule has 0 atom stereocenters. The van der Waals surface area contributed by atoms with E-state index in [1.165, 1.54) is 24.3 Å². The number of nitrogens with zero attached hydrogens (tertiary/aromatic N) is 1. The summed E-state index contributed by atoms with van der Waals surface area (Å²) in [6.07, 6.45) is 0. The molecule has 1 aliphatic rings. The van der Waals surface area contributed by atoms with Gasteiger partial charge in [0.2, 0.25) is 0 Å². The molecule has 4 rings (SSSR count). The number of carboxylic acids is 1. The molecule has 1 heterocycles. The molecule has 0 unspecified atom stereocenters. The maximum Gasteiger partial charge on any atom is 0.342 e. The number of ether oxygens (including phenoxy) is 2. The van der Waals surface area contributed by atoms with E-state index in [9.17, 15) is 39.6 Å². The summed E-state index contributed by atoms with van der Waals surface area (Å²) in [7, 11) is 0. The zero-order valence-corrected chi connectivity index (χ0v) is 22.0. The van der Waals surface area contributed by atoms with Gasteiger partial charge in [-0.15, -0.1) is 0 Å². The average Bonchev–Trinajstić information content (AvgIpc) is 2.96. The van der Waals surface area contributed by atoms with Crippen molar-refractivity contribution in [3.05, 3.63) is 70.8 Å². The van der Waals surface area contributed by atoms with E-state index in [2.05, 4.69) is 15.5 Å². The number of hydrogen-bond donors (Lipinski definition) is 7. The summed E-state index contributed by atoms with van der Waals surface area (Å²) in [6.45, 7) is 3.18. The molecule has 0 spiro atoms. The first-order valence-electron chi connectivity index (χ1n) is 12.6. The molecule has 0 aromatic heterocycles. The first-order valence-corrected chi connectivity index (χ1v) is 12.6. The number of aromatic carboxylic acids is 1. The molecule has 1 saturated heterocycles. The van der Waals surface area contributed by atoms with E-state index in [1.54, 1.807) is 0 Å². The molecular weight excluding hydrogens is 554 g/mol. The van der Waals surface area contributed by atoms with Crippen molar-refractivity contribution in [3.8, 4) is 23.0 Å². The number of phenols is 4. The van der Waals surface area contributed by atoms with Crippen molar-refractivity contribution in [2.75, 3.05) is 50.1 Å². The Morgan fingerprint density at radius 3 is 1.74 bits per heavy atom. The summed E-state index contributed by atoms with van der Waals surface area (Å²) < 4.78 is 10.5. The van der Waals surface area contributed by atoms with Crippen molar-refractivity contribution in [3.63, 3.8) is 0 Å². The van der Waals surface area contributed by atoms with Gasteiger partial charge in [-0.1, -0.05) is 0 Å². The van der Waals surface area contributed by atoms with Crippen molar-refractivity contribution in [1.29, 1.82) is 0 Å². The van der Waals surface area contributed by atoms with E-state index in [4.69, 9.17) is 14.6 Å². The van der Waals surface area contributed by atoms with Crippen LogP contribution < -0.4 is 10.6 Å². The van der Waals surface area contributed by atoms with Gasteiger partial charge in [0.05, 0.1) is 24.3 Å². The van der Waals surface area contributed by atoms with Crippen molar-refractivity contribution < 1.29 is 54.2 Å². The minimum atomic E-state index is -1.43. The number of carboxylic acid groups (broad SMARTS) is 1. The number of carbonyl (C=O) groups is 4. The van der Waals surface area contributed by atoms with Gasteiger partial charge >= 0.3 is 11.9 Å². The molecule has 0 aliphatic carbocycles. The summed E-state index contributed by atoms with van der Waals surface area (Å²) in [5, 5.41) is 54.5. The van der Waals surface area contributed by atoms with Gasteiger partial charge in [-0.25, -0.2) is 9.59 Å². The summed E-state index contributed by atoms with van der Waals surface area (Å²) in [6, 6.07) is 8.64. The van der Waals surface area contributed by atoms with E-state index in [1.807, 2.05) is 0 Å². The summed E-state index contributed by atoms with van der Waals surface area (Å²) >= 11 is 0. The predicted molar refractivity (Wildman–Crippen MR) is 146 cm³/mol. The van der Waals surface area contributed by atoms with Crippen molar-refractivity contribution >= 4 is 35.1 Å². The van der Waals surface area contributed by atoms with Crippen LogP contribution in [0.5, 0.6) is 23.0 Å². The van der Waals surface area contributed by atoms with Gasteiger partial charge in [-0.05, 0) is 48.5 Å². The molecule has 1 aliphatic heterocycles. The Morgan fingerprint density at radius 2 is 1.21 bits per heavy atom. The van der Waals surface area contributed by atoms with Gasteiger partial charge in [0.15, 0.2) is 0 Å². The van der Waals surface area contributed by atoms with Gasteiger partial charge in [0.1, 0.15) is 40.7 Å².